The Bertz CT molecular complexity index is 1080. The number of H-pyrrole nitrogens is 1. The Morgan fingerprint density at radius 2 is 2.11 bits per heavy atom. The van der Waals surface area contributed by atoms with E-state index in [2.05, 4.69) is 15.2 Å². The Labute approximate surface area is 162 Å². The zero-order chi connectivity index (χ0) is 19.3. The van der Waals surface area contributed by atoms with Gasteiger partial charge in [0.15, 0.2) is 11.4 Å². The lowest BCUT2D eigenvalue weighted by atomic mass is 9.93. The van der Waals surface area contributed by atoms with Crippen LogP contribution in [0.4, 0.5) is 0 Å². The highest BCUT2D eigenvalue weighted by Crippen LogP contribution is 2.30. The smallest absolute Gasteiger partial charge is 0.270 e. The van der Waals surface area contributed by atoms with Gasteiger partial charge in [-0.05, 0) is 50.3 Å². The molecule has 1 aliphatic heterocycles. The average molecular weight is 377 g/mol. The van der Waals surface area contributed by atoms with Crippen LogP contribution in [0.1, 0.15) is 69.5 Å². The van der Waals surface area contributed by atoms with E-state index in [1.54, 1.807) is 0 Å². The lowest BCUT2D eigenvalue weighted by molar-refractivity contribution is 0.0698. The highest BCUT2D eigenvalue weighted by molar-refractivity contribution is 6.04. The number of aromatic nitrogens is 4. The number of ketones is 1. The largest absolute Gasteiger partial charge is 0.354 e. The van der Waals surface area contributed by atoms with Gasteiger partial charge in [0.05, 0.1) is 0 Å². The number of piperidine rings is 1. The fourth-order valence-electron chi connectivity index (χ4n) is 4.66. The van der Waals surface area contributed by atoms with Gasteiger partial charge in [-0.1, -0.05) is 6.07 Å². The van der Waals surface area contributed by atoms with Gasteiger partial charge in [0.2, 0.25) is 0 Å². The molecule has 1 N–H and O–H groups in total. The second-order valence-corrected chi connectivity index (χ2v) is 7.83. The first kappa shape index (κ1) is 17.2. The predicted octanol–water partition coefficient (Wildman–Crippen LogP) is 2.90. The van der Waals surface area contributed by atoms with Crippen molar-refractivity contribution in [3.63, 3.8) is 0 Å². The van der Waals surface area contributed by atoms with Crippen LogP contribution in [0.5, 0.6) is 0 Å². The maximum atomic E-state index is 13.3. The van der Waals surface area contributed by atoms with Crippen LogP contribution in [-0.2, 0) is 6.42 Å². The number of aryl methyl sites for hydroxylation is 1. The fraction of sp³-hybridized carbons (Fsp3) is 0.429. The fourth-order valence-corrected chi connectivity index (χ4v) is 4.66. The molecule has 0 bridgehead atoms. The van der Waals surface area contributed by atoms with Gasteiger partial charge in [-0.2, -0.15) is 0 Å². The quantitative estimate of drug-likeness (QED) is 0.744. The Kier molecular flexibility index (Phi) is 4.03. The summed E-state index contributed by atoms with van der Waals surface area (Å²) in [6.45, 7) is 3.23. The van der Waals surface area contributed by atoms with Crippen molar-refractivity contribution in [3.05, 3.63) is 52.7 Å². The number of rotatable bonds is 2. The number of fused-ring (bicyclic) bond motifs is 2. The van der Waals surface area contributed by atoms with Crippen molar-refractivity contribution in [1.82, 2.24) is 24.5 Å². The van der Waals surface area contributed by atoms with E-state index < -0.39 is 0 Å². The molecule has 2 aliphatic rings. The third-order valence-electron chi connectivity index (χ3n) is 6.06. The Morgan fingerprint density at radius 1 is 1.21 bits per heavy atom. The number of Topliss-reactive ketones (excluding diaryl/α,β-unsaturated/α-hetero) is 1. The summed E-state index contributed by atoms with van der Waals surface area (Å²) in [6, 6.07) is 5.85. The van der Waals surface area contributed by atoms with E-state index in [1.165, 1.54) is 0 Å². The maximum absolute atomic E-state index is 13.3. The highest BCUT2D eigenvalue weighted by atomic mass is 16.2. The van der Waals surface area contributed by atoms with E-state index in [0.29, 0.717) is 18.7 Å². The second-order valence-electron chi connectivity index (χ2n) is 7.83. The summed E-state index contributed by atoms with van der Waals surface area (Å²) < 4.78 is 2.01. The van der Waals surface area contributed by atoms with Gasteiger partial charge in [-0.15, -0.1) is 10.2 Å². The van der Waals surface area contributed by atoms with Gasteiger partial charge in [0, 0.05) is 42.9 Å². The molecule has 0 saturated carbocycles. The van der Waals surface area contributed by atoms with E-state index in [9.17, 15) is 9.59 Å². The lowest BCUT2D eigenvalue weighted by Gasteiger charge is -2.32. The van der Waals surface area contributed by atoms with Crippen LogP contribution in [0.15, 0.2) is 24.4 Å². The van der Waals surface area contributed by atoms with Gasteiger partial charge in [-0.3, -0.25) is 14.0 Å². The van der Waals surface area contributed by atoms with Crippen molar-refractivity contribution in [2.24, 2.45) is 0 Å². The number of pyridine rings is 1. The van der Waals surface area contributed by atoms with Gasteiger partial charge in [0.25, 0.3) is 5.91 Å². The Hall–Kier alpha value is -2.96. The molecule has 7 heteroatoms. The zero-order valence-electron chi connectivity index (χ0n) is 15.9. The third-order valence-corrected chi connectivity index (χ3v) is 6.06. The molecule has 28 heavy (non-hydrogen) atoms. The number of likely N-dealkylation sites (tertiary alicyclic amines) is 1. The second kappa shape index (κ2) is 6.58. The van der Waals surface area contributed by atoms with Crippen LogP contribution in [0.25, 0.3) is 5.65 Å². The molecule has 0 spiro atoms. The molecule has 1 aliphatic carbocycles. The molecular formula is C21H23N5O2. The first-order valence-electron chi connectivity index (χ1n) is 9.97. The van der Waals surface area contributed by atoms with Gasteiger partial charge in [-0.25, -0.2) is 0 Å². The minimum Gasteiger partial charge on any atom is -0.354 e. The summed E-state index contributed by atoms with van der Waals surface area (Å²) in [5, 5.41) is 8.64. The number of carbonyl (C=O) groups is 2. The molecule has 4 heterocycles. The molecule has 1 amide bonds. The monoisotopic (exact) mass is 377 g/mol. The number of carbonyl (C=O) groups excluding carboxylic acids is 2. The minimum absolute atomic E-state index is 0.0155. The Balaban J connectivity index is 1.43. The molecule has 7 nitrogen and oxygen atoms in total. The highest BCUT2D eigenvalue weighted by Gasteiger charge is 2.32. The first-order valence-corrected chi connectivity index (χ1v) is 9.97. The van der Waals surface area contributed by atoms with Crippen LogP contribution < -0.4 is 0 Å². The van der Waals surface area contributed by atoms with Crippen molar-refractivity contribution in [2.75, 3.05) is 13.1 Å². The third kappa shape index (κ3) is 2.65. The summed E-state index contributed by atoms with van der Waals surface area (Å²) in [5.41, 5.74) is 3.87. The Morgan fingerprint density at radius 3 is 2.96 bits per heavy atom. The minimum atomic E-state index is -0.0155. The normalized spacial score (nSPS) is 19.8. The molecule has 3 aromatic heterocycles. The number of nitrogens with one attached hydrogen (secondary N) is 1. The van der Waals surface area contributed by atoms with Gasteiger partial charge in [0.1, 0.15) is 11.5 Å². The molecule has 144 valence electrons. The maximum Gasteiger partial charge on any atom is 0.270 e. The molecule has 1 fully saturated rings. The van der Waals surface area contributed by atoms with E-state index in [1.807, 2.05) is 40.6 Å². The molecular weight excluding hydrogens is 354 g/mol. The number of hydrogen-bond donors (Lipinski definition) is 1. The van der Waals surface area contributed by atoms with Crippen LogP contribution >= 0.6 is 0 Å². The molecule has 5 rings (SSSR count). The van der Waals surface area contributed by atoms with Gasteiger partial charge >= 0.3 is 0 Å². The molecule has 1 unspecified atom stereocenters. The van der Waals surface area contributed by atoms with Crippen molar-refractivity contribution in [1.29, 1.82) is 0 Å². The van der Waals surface area contributed by atoms with Crippen LogP contribution in [0.2, 0.25) is 0 Å². The molecule has 1 atom stereocenters. The van der Waals surface area contributed by atoms with Crippen LogP contribution in [0.3, 0.4) is 0 Å². The summed E-state index contributed by atoms with van der Waals surface area (Å²) in [5.74, 6) is 1.20. The van der Waals surface area contributed by atoms with Gasteiger partial charge < -0.3 is 9.88 Å². The van der Waals surface area contributed by atoms with Crippen molar-refractivity contribution < 1.29 is 9.59 Å². The lowest BCUT2D eigenvalue weighted by Crippen LogP contribution is -2.40. The van der Waals surface area contributed by atoms with Crippen LogP contribution in [-0.4, -0.2) is 49.3 Å². The van der Waals surface area contributed by atoms with E-state index >= 15 is 0 Å². The SMILES string of the molecule is Cc1c(C(=O)N2CCCC(c3nnc4ccccn34)C2)[nH]c2c1C(=O)CCC2. The zero-order valence-corrected chi connectivity index (χ0v) is 15.9. The standard InChI is InChI=1S/C21H23N5O2/c1-13-18-15(7-4-8-16(18)27)22-19(13)21(28)25-10-5-6-14(12-25)20-24-23-17-9-2-3-11-26(17)20/h2-3,9,11,14,22H,4-8,10,12H2,1H3. The summed E-state index contributed by atoms with van der Waals surface area (Å²) >= 11 is 0. The van der Waals surface area contributed by atoms with Crippen molar-refractivity contribution >= 4 is 17.3 Å². The average Bonchev–Trinajstić information content (AvgIpc) is 3.30. The van der Waals surface area contributed by atoms with E-state index in [4.69, 9.17) is 0 Å². The van der Waals surface area contributed by atoms with Crippen molar-refractivity contribution in [2.45, 2.75) is 44.9 Å². The van der Waals surface area contributed by atoms with E-state index in [-0.39, 0.29) is 17.6 Å². The first-order chi connectivity index (χ1) is 13.6. The molecule has 0 aromatic carbocycles. The summed E-state index contributed by atoms with van der Waals surface area (Å²) in [6.07, 6.45) is 6.15. The summed E-state index contributed by atoms with van der Waals surface area (Å²) in [7, 11) is 0. The number of aromatic amines is 1. The van der Waals surface area contributed by atoms with Crippen LogP contribution in [0, 0.1) is 6.92 Å². The predicted molar refractivity (Wildman–Crippen MR) is 104 cm³/mol. The number of hydrogen-bond acceptors (Lipinski definition) is 4. The topological polar surface area (TPSA) is 83.4 Å². The molecule has 0 radical (unpaired) electrons. The number of amides is 1. The summed E-state index contributed by atoms with van der Waals surface area (Å²) in [4.78, 5) is 30.7. The number of nitrogens with zero attached hydrogens (tertiary/aromatic N) is 4. The van der Waals surface area contributed by atoms with E-state index in [0.717, 1.165) is 60.5 Å². The molecule has 1 saturated heterocycles. The molecule has 3 aromatic rings. The van der Waals surface area contributed by atoms with Crippen molar-refractivity contribution in [3.8, 4) is 0 Å².